The van der Waals surface area contributed by atoms with E-state index in [0.29, 0.717) is 18.5 Å². The Bertz CT molecular complexity index is 680. The number of carbonyl (C=O) groups excluding carboxylic acids is 1. The third kappa shape index (κ3) is 5.87. The van der Waals surface area contributed by atoms with Gasteiger partial charge in [0.2, 0.25) is 0 Å². The van der Waals surface area contributed by atoms with Gasteiger partial charge in [-0.25, -0.2) is 4.79 Å². The summed E-state index contributed by atoms with van der Waals surface area (Å²) in [7, 11) is 0. The van der Waals surface area contributed by atoms with Crippen molar-refractivity contribution in [3.63, 3.8) is 0 Å². The number of hydrogen-bond donors (Lipinski definition) is 1. The largest absolute Gasteiger partial charge is 0.481 e. The summed E-state index contributed by atoms with van der Waals surface area (Å²) in [5, 5.41) is 9.58. The van der Waals surface area contributed by atoms with Gasteiger partial charge in [-0.2, -0.15) is 13.2 Å². The highest BCUT2D eigenvalue weighted by Crippen LogP contribution is 2.31. The lowest BCUT2D eigenvalue weighted by Gasteiger charge is -2.25. The third-order valence-electron chi connectivity index (χ3n) is 4.50. The van der Waals surface area contributed by atoms with Gasteiger partial charge in [0, 0.05) is 13.1 Å². The monoisotopic (exact) mass is 387 g/mol. The van der Waals surface area contributed by atoms with Crippen LogP contribution >= 0.6 is 0 Å². The fourth-order valence-electron chi connectivity index (χ4n) is 3.15. The van der Waals surface area contributed by atoms with Gasteiger partial charge in [-0.1, -0.05) is 12.1 Å². The van der Waals surface area contributed by atoms with E-state index in [1.54, 1.807) is 20.8 Å². The molecule has 5 nitrogen and oxygen atoms in total. The van der Waals surface area contributed by atoms with E-state index in [-0.39, 0.29) is 18.9 Å². The van der Waals surface area contributed by atoms with Crippen molar-refractivity contribution in [2.45, 2.75) is 45.4 Å². The lowest BCUT2D eigenvalue weighted by molar-refractivity contribution is -0.143. The first-order valence-electron chi connectivity index (χ1n) is 8.73. The van der Waals surface area contributed by atoms with Crippen molar-refractivity contribution in [3.8, 4) is 0 Å². The molecule has 27 heavy (non-hydrogen) atoms. The van der Waals surface area contributed by atoms with E-state index in [9.17, 15) is 27.9 Å². The van der Waals surface area contributed by atoms with Gasteiger partial charge in [0.15, 0.2) is 0 Å². The first-order valence-corrected chi connectivity index (χ1v) is 8.73. The molecular weight excluding hydrogens is 363 g/mol. The Morgan fingerprint density at radius 3 is 2.30 bits per heavy atom. The molecule has 0 radical (unpaired) electrons. The molecule has 1 aliphatic rings. The zero-order valence-electron chi connectivity index (χ0n) is 15.5. The first-order chi connectivity index (χ1) is 12.4. The first kappa shape index (κ1) is 21.1. The molecule has 1 saturated heterocycles. The van der Waals surface area contributed by atoms with Crippen molar-refractivity contribution in [1.82, 2.24) is 4.90 Å². The average molecular weight is 387 g/mol. The van der Waals surface area contributed by atoms with E-state index in [4.69, 9.17) is 4.74 Å². The number of rotatable bonds is 4. The fraction of sp³-hybridized carbons (Fsp3) is 0.579. The van der Waals surface area contributed by atoms with Crippen molar-refractivity contribution >= 4 is 12.1 Å². The Labute approximate surface area is 156 Å². The Kier molecular flexibility index (Phi) is 6.07. The number of carbonyl (C=O) groups is 2. The number of halogens is 3. The van der Waals surface area contributed by atoms with Gasteiger partial charge in [-0.05, 0) is 57.2 Å². The highest BCUT2D eigenvalue weighted by atomic mass is 19.4. The molecule has 0 saturated carbocycles. The van der Waals surface area contributed by atoms with Crippen molar-refractivity contribution in [1.29, 1.82) is 0 Å². The molecule has 2 rings (SSSR count). The molecule has 0 bridgehead atoms. The van der Waals surface area contributed by atoms with E-state index in [2.05, 4.69) is 0 Å². The zero-order valence-corrected chi connectivity index (χ0v) is 15.5. The number of hydrogen-bond acceptors (Lipinski definition) is 3. The fourth-order valence-corrected chi connectivity index (χ4v) is 3.15. The van der Waals surface area contributed by atoms with Gasteiger partial charge in [0.05, 0.1) is 11.5 Å². The number of nitrogens with zero attached hydrogens (tertiary/aromatic N) is 1. The third-order valence-corrected chi connectivity index (χ3v) is 4.50. The summed E-state index contributed by atoms with van der Waals surface area (Å²) in [5.41, 5.74) is -0.886. The summed E-state index contributed by atoms with van der Waals surface area (Å²) < 4.78 is 43.3. The number of aliphatic carboxylic acids is 1. The van der Waals surface area contributed by atoms with Gasteiger partial charge in [0.1, 0.15) is 5.60 Å². The number of likely N-dealkylation sites (tertiary alicyclic amines) is 1. The lowest BCUT2D eigenvalue weighted by atomic mass is 9.86. The van der Waals surface area contributed by atoms with E-state index < -0.39 is 35.3 Å². The molecule has 1 N–H and O–H groups in total. The summed E-state index contributed by atoms with van der Waals surface area (Å²) in [6.45, 7) is 5.91. The molecule has 150 valence electrons. The molecule has 0 aromatic heterocycles. The van der Waals surface area contributed by atoms with Crippen molar-refractivity contribution < 1.29 is 32.6 Å². The highest BCUT2D eigenvalue weighted by molar-refractivity contribution is 5.72. The number of carboxylic acids is 1. The summed E-state index contributed by atoms with van der Waals surface area (Å²) in [5.74, 6) is -2.09. The maximum atomic E-state index is 12.6. The Morgan fingerprint density at radius 2 is 1.81 bits per heavy atom. The molecule has 2 atom stereocenters. The molecule has 0 unspecified atom stereocenters. The molecule has 1 heterocycles. The SMILES string of the molecule is CC(C)(C)OC(=O)N1CC[C@H]([C@H](Cc2ccc(C(F)(F)F)cc2)C(=O)O)C1. The summed E-state index contributed by atoms with van der Waals surface area (Å²) in [6.07, 6.45) is -4.29. The Morgan fingerprint density at radius 1 is 1.22 bits per heavy atom. The maximum Gasteiger partial charge on any atom is 0.416 e. The smallest absolute Gasteiger partial charge is 0.416 e. The van der Waals surface area contributed by atoms with Gasteiger partial charge in [-0.3, -0.25) is 4.79 Å². The van der Waals surface area contributed by atoms with E-state index in [0.717, 1.165) is 12.1 Å². The van der Waals surface area contributed by atoms with E-state index in [1.165, 1.54) is 17.0 Å². The van der Waals surface area contributed by atoms with Crippen LogP contribution in [-0.4, -0.2) is 40.8 Å². The maximum absolute atomic E-state index is 12.6. The average Bonchev–Trinajstić information content (AvgIpc) is 3.00. The number of amides is 1. The number of alkyl halides is 3. The van der Waals surface area contributed by atoms with Crippen LogP contribution in [0.2, 0.25) is 0 Å². The van der Waals surface area contributed by atoms with Gasteiger partial charge < -0.3 is 14.7 Å². The van der Waals surface area contributed by atoms with Crippen LogP contribution in [-0.2, 0) is 22.1 Å². The minimum atomic E-state index is -4.43. The zero-order chi connectivity index (χ0) is 20.4. The lowest BCUT2D eigenvalue weighted by Crippen LogP contribution is -2.36. The second-order valence-corrected chi connectivity index (χ2v) is 7.82. The molecule has 8 heteroatoms. The molecular formula is C19H24F3NO4. The van der Waals surface area contributed by atoms with Gasteiger partial charge >= 0.3 is 18.2 Å². The minimum Gasteiger partial charge on any atom is -0.481 e. The van der Waals surface area contributed by atoms with E-state index in [1.807, 2.05) is 0 Å². The van der Waals surface area contributed by atoms with Gasteiger partial charge in [0.25, 0.3) is 0 Å². The number of ether oxygens (including phenoxy) is 1. The van der Waals surface area contributed by atoms with Gasteiger partial charge in [-0.15, -0.1) is 0 Å². The molecule has 1 aromatic carbocycles. The normalized spacial score (nSPS) is 19.0. The van der Waals surface area contributed by atoms with Crippen LogP contribution in [0.1, 0.15) is 38.3 Å². The van der Waals surface area contributed by atoms with Crippen LogP contribution < -0.4 is 0 Å². The van der Waals surface area contributed by atoms with Crippen LogP contribution in [0.4, 0.5) is 18.0 Å². The molecule has 1 fully saturated rings. The Balaban J connectivity index is 2.04. The summed E-state index contributed by atoms with van der Waals surface area (Å²) >= 11 is 0. The predicted molar refractivity (Wildman–Crippen MR) is 92.2 cm³/mol. The molecule has 0 aliphatic carbocycles. The minimum absolute atomic E-state index is 0.111. The van der Waals surface area contributed by atoms with Crippen molar-refractivity contribution in [2.24, 2.45) is 11.8 Å². The number of carboxylic acid groups (broad SMARTS) is 1. The van der Waals surface area contributed by atoms with Crippen LogP contribution in [0.3, 0.4) is 0 Å². The molecule has 1 amide bonds. The second kappa shape index (κ2) is 7.78. The summed E-state index contributed by atoms with van der Waals surface area (Å²) in [4.78, 5) is 25.3. The summed E-state index contributed by atoms with van der Waals surface area (Å²) in [6, 6.07) is 4.52. The van der Waals surface area contributed by atoms with Crippen LogP contribution in [0, 0.1) is 11.8 Å². The van der Waals surface area contributed by atoms with E-state index >= 15 is 0 Å². The molecule has 1 aliphatic heterocycles. The topological polar surface area (TPSA) is 66.8 Å². The number of benzene rings is 1. The predicted octanol–water partition coefficient (Wildman–Crippen LogP) is 4.21. The second-order valence-electron chi connectivity index (χ2n) is 7.82. The highest BCUT2D eigenvalue weighted by Gasteiger charge is 2.37. The van der Waals surface area contributed by atoms with Crippen LogP contribution in [0.25, 0.3) is 0 Å². The standard InChI is InChI=1S/C19H24F3NO4/c1-18(2,3)27-17(26)23-9-8-13(11-23)15(16(24)25)10-12-4-6-14(7-5-12)19(20,21)22/h4-7,13,15H,8-11H2,1-3H3,(H,24,25)/t13-,15-/m0/s1. The Hall–Kier alpha value is -2.25. The van der Waals surface area contributed by atoms with Crippen molar-refractivity contribution in [3.05, 3.63) is 35.4 Å². The molecule has 0 spiro atoms. The molecule has 1 aromatic rings. The van der Waals surface area contributed by atoms with Crippen LogP contribution in [0.15, 0.2) is 24.3 Å². The van der Waals surface area contributed by atoms with Crippen molar-refractivity contribution in [2.75, 3.05) is 13.1 Å². The quantitative estimate of drug-likeness (QED) is 0.841. The van der Waals surface area contributed by atoms with Crippen LogP contribution in [0.5, 0.6) is 0 Å².